The topological polar surface area (TPSA) is 61.6 Å². The van der Waals surface area contributed by atoms with E-state index in [-0.39, 0.29) is 0 Å². The van der Waals surface area contributed by atoms with Crippen LogP contribution in [0, 0.1) is 0 Å². The third kappa shape index (κ3) is 1.47. The minimum Gasteiger partial charge on any atom is -0.366 e. The second kappa shape index (κ2) is 3.51. The number of carbonyl (C=O) groups is 1. The summed E-state index contributed by atoms with van der Waals surface area (Å²) < 4.78 is 0. The van der Waals surface area contributed by atoms with Gasteiger partial charge in [0, 0.05) is 5.56 Å². The van der Waals surface area contributed by atoms with Crippen LogP contribution in [-0.4, -0.2) is 12.5 Å². The third-order valence-electron chi connectivity index (χ3n) is 1.94. The van der Waals surface area contributed by atoms with Crippen LogP contribution in [0.25, 0.3) is 5.76 Å². The van der Waals surface area contributed by atoms with Gasteiger partial charge in [0.1, 0.15) is 6.61 Å². The molecule has 0 unspecified atom stereocenters. The van der Waals surface area contributed by atoms with Gasteiger partial charge in [0.15, 0.2) is 5.76 Å². The molecule has 0 radical (unpaired) electrons. The summed E-state index contributed by atoms with van der Waals surface area (Å²) in [5.74, 6) is 0.0661. The fourth-order valence-corrected chi connectivity index (χ4v) is 1.31. The zero-order chi connectivity index (χ0) is 9.97. The molecule has 0 saturated heterocycles. The largest absolute Gasteiger partial charge is 0.366 e. The number of hydrogen-bond acceptors (Lipinski definition) is 3. The minimum atomic E-state index is -0.475. The standard InChI is InChI=1S/C10H9NO3/c11-10(12)8-4-2-1-3-7(8)9-5-6-13-14-9/h1-5H,6H2,(H2,11,12). The lowest BCUT2D eigenvalue weighted by Crippen LogP contribution is -2.13. The van der Waals surface area contributed by atoms with E-state index in [1.807, 2.05) is 6.07 Å². The molecule has 4 heteroatoms. The van der Waals surface area contributed by atoms with Crippen molar-refractivity contribution in [3.8, 4) is 0 Å². The maximum atomic E-state index is 11.1. The number of nitrogens with two attached hydrogens (primary N) is 1. The van der Waals surface area contributed by atoms with Crippen molar-refractivity contribution in [3.63, 3.8) is 0 Å². The van der Waals surface area contributed by atoms with Crippen molar-refractivity contribution >= 4 is 11.7 Å². The number of rotatable bonds is 2. The normalized spacial score (nSPS) is 14.7. The van der Waals surface area contributed by atoms with Crippen LogP contribution in [0.15, 0.2) is 30.3 Å². The molecule has 2 rings (SSSR count). The summed E-state index contributed by atoms with van der Waals surface area (Å²) in [7, 11) is 0. The van der Waals surface area contributed by atoms with E-state index in [1.165, 1.54) is 0 Å². The van der Waals surface area contributed by atoms with Gasteiger partial charge in [0.25, 0.3) is 0 Å². The monoisotopic (exact) mass is 191 g/mol. The van der Waals surface area contributed by atoms with Gasteiger partial charge in [0.2, 0.25) is 5.91 Å². The average molecular weight is 191 g/mol. The second-order valence-corrected chi connectivity index (χ2v) is 2.85. The summed E-state index contributed by atoms with van der Waals surface area (Å²) in [5.41, 5.74) is 6.32. The maximum absolute atomic E-state index is 11.1. The molecule has 0 bridgehead atoms. The van der Waals surface area contributed by atoms with Crippen LogP contribution in [0.5, 0.6) is 0 Å². The minimum absolute atomic E-state index is 0.391. The Morgan fingerprint density at radius 2 is 2.14 bits per heavy atom. The summed E-state index contributed by atoms with van der Waals surface area (Å²) >= 11 is 0. The van der Waals surface area contributed by atoms with Gasteiger partial charge in [-0.15, -0.1) is 0 Å². The highest BCUT2D eigenvalue weighted by molar-refractivity contribution is 5.97. The van der Waals surface area contributed by atoms with Crippen molar-refractivity contribution in [1.82, 2.24) is 0 Å². The molecule has 1 amide bonds. The summed E-state index contributed by atoms with van der Waals surface area (Å²) in [6, 6.07) is 6.98. The quantitative estimate of drug-likeness (QED) is 0.711. The van der Waals surface area contributed by atoms with Gasteiger partial charge in [-0.1, -0.05) is 18.2 Å². The molecule has 1 aliphatic heterocycles. The Morgan fingerprint density at radius 1 is 1.36 bits per heavy atom. The molecule has 1 aromatic carbocycles. The summed E-state index contributed by atoms with van der Waals surface area (Å²) in [6.07, 6.45) is 1.75. The van der Waals surface area contributed by atoms with Crippen LogP contribution in [-0.2, 0) is 9.78 Å². The molecular formula is C10H9NO3. The molecule has 14 heavy (non-hydrogen) atoms. The predicted octanol–water partition coefficient (Wildman–Crippen LogP) is 1.09. The van der Waals surface area contributed by atoms with E-state index >= 15 is 0 Å². The number of primary amides is 1. The molecule has 2 N–H and O–H groups in total. The predicted molar refractivity (Wildman–Crippen MR) is 50.0 cm³/mol. The van der Waals surface area contributed by atoms with Gasteiger partial charge < -0.3 is 10.6 Å². The number of carbonyl (C=O) groups excluding carboxylic acids is 1. The fourth-order valence-electron chi connectivity index (χ4n) is 1.31. The molecule has 0 saturated carbocycles. The van der Waals surface area contributed by atoms with E-state index in [1.54, 1.807) is 24.3 Å². The molecule has 1 aliphatic rings. The van der Waals surface area contributed by atoms with E-state index in [9.17, 15) is 4.79 Å². The highest BCUT2D eigenvalue weighted by Gasteiger charge is 2.16. The molecule has 0 atom stereocenters. The number of amides is 1. The summed E-state index contributed by atoms with van der Waals surface area (Å²) in [5, 5.41) is 0. The summed E-state index contributed by atoms with van der Waals surface area (Å²) in [6.45, 7) is 0.391. The first kappa shape index (κ1) is 8.77. The van der Waals surface area contributed by atoms with Crippen LogP contribution in [0.4, 0.5) is 0 Å². The Balaban J connectivity index is 2.46. The van der Waals surface area contributed by atoms with E-state index < -0.39 is 5.91 Å². The van der Waals surface area contributed by atoms with Crippen molar-refractivity contribution in [2.45, 2.75) is 0 Å². The zero-order valence-corrected chi connectivity index (χ0v) is 7.40. The highest BCUT2D eigenvalue weighted by atomic mass is 17.2. The lowest BCUT2D eigenvalue weighted by Gasteiger charge is -2.05. The van der Waals surface area contributed by atoms with E-state index in [4.69, 9.17) is 15.5 Å². The van der Waals surface area contributed by atoms with Gasteiger partial charge >= 0.3 is 0 Å². The Kier molecular flexibility index (Phi) is 2.20. The first-order valence-corrected chi connectivity index (χ1v) is 4.18. The van der Waals surface area contributed by atoms with Gasteiger partial charge in [-0.05, 0) is 12.1 Å². The molecular weight excluding hydrogens is 182 g/mol. The van der Waals surface area contributed by atoms with Crippen LogP contribution < -0.4 is 5.73 Å². The van der Waals surface area contributed by atoms with Gasteiger partial charge in [-0.2, -0.15) is 4.89 Å². The first-order chi connectivity index (χ1) is 6.79. The fraction of sp³-hybridized carbons (Fsp3) is 0.100. The highest BCUT2D eigenvalue weighted by Crippen LogP contribution is 2.23. The van der Waals surface area contributed by atoms with Crippen molar-refractivity contribution in [2.24, 2.45) is 5.73 Å². The first-order valence-electron chi connectivity index (χ1n) is 4.18. The Labute approximate surface area is 80.9 Å². The maximum Gasteiger partial charge on any atom is 0.249 e. The molecule has 0 fully saturated rings. The third-order valence-corrected chi connectivity index (χ3v) is 1.94. The van der Waals surface area contributed by atoms with E-state index in [0.717, 1.165) is 0 Å². The smallest absolute Gasteiger partial charge is 0.249 e. The van der Waals surface area contributed by atoms with Crippen molar-refractivity contribution in [3.05, 3.63) is 41.5 Å². The molecule has 72 valence electrons. The van der Waals surface area contributed by atoms with Gasteiger partial charge in [-0.3, -0.25) is 4.79 Å². The molecule has 4 nitrogen and oxygen atoms in total. The zero-order valence-electron chi connectivity index (χ0n) is 7.40. The lowest BCUT2D eigenvalue weighted by molar-refractivity contribution is -0.208. The van der Waals surface area contributed by atoms with Crippen molar-refractivity contribution in [1.29, 1.82) is 0 Å². The number of hydrogen-bond donors (Lipinski definition) is 1. The van der Waals surface area contributed by atoms with Gasteiger partial charge in [0.05, 0.1) is 5.56 Å². The molecule has 1 heterocycles. The second-order valence-electron chi connectivity index (χ2n) is 2.85. The van der Waals surface area contributed by atoms with Crippen LogP contribution >= 0.6 is 0 Å². The molecule has 1 aromatic rings. The summed E-state index contributed by atoms with van der Waals surface area (Å²) in [4.78, 5) is 20.7. The molecule has 0 aromatic heterocycles. The SMILES string of the molecule is NC(=O)c1ccccc1C1=CCOO1. The van der Waals surface area contributed by atoms with Crippen molar-refractivity contribution in [2.75, 3.05) is 6.61 Å². The number of benzene rings is 1. The Morgan fingerprint density at radius 3 is 2.79 bits per heavy atom. The van der Waals surface area contributed by atoms with Crippen LogP contribution in [0.1, 0.15) is 15.9 Å². The molecule has 0 spiro atoms. The van der Waals surface area contributed by atoms with Crippen LogP contribution in [0.2, 0.25) is 0 Å². The van der Waals surface area contributed by atoms with Gasteiger partial charge in [-0.25, -0.2) is 0 Å². The molecule has 0 aliphatic carbocycles. The Bertz CT molecular complexity index is 398. The van der Waals surface area contributed by atoms with E-state index in [2.05, 4.69) is 0 Å². The Hall–Kier alpha value is -1.81. The van der Waals surface area contributed by atoms with E-state index in [0.29, 0.717) is 23.5 Å². The lowest BCUT2D eigenvalue weighted by atomic mass is 10.1. The average Bonchev–Trinajstić information content (AvgIpc) is 2.70. The van der Waals surface area contributed by atoms with Crippen LogP contribution in [0.3, 0.4) is 0 Å². The van der Waals surface area contributed by atoms with Crippen molar-refractivity contribution < 1.29 is 14.6 Å².